The van der Waals surface area contributed by atoms with Crippen molar-refractivity contribution in [2.75, 3.05) is 5.32 Å². The third kappa shape index (κ3) is 2.54. The van der Waals surface area contributed by atoms with Crippen molar-refractivity contribution in [1.29, 1.82) is 0 Å². The van der Waals surface area contributed by atoms with Gasteiger partial charge >= 0.3 is 0 Å². The largest absolute Gasteiger partial charge is 0.366 e. The number of benzene rings is 1. The standard InChI is InChI=1S/C14H19N3/c1-9(2)10(3)16-14-11(4)15-12-7-5-6-8-13(12)17-14/h5-10H,1-4H3,(H,16,17). The van der Waals surface area contributed by atoms with E-state index in [1.165, 1.54) is 0 Å². The lowest BCUT2D eigenvalue weighted by molar-refractivity contribution is 0.558. The van der Waals surface area contributed by atoms with Crippen molar-refractivity contribution in [1.82, 2.24) is 9.97 Å². The molecule has 1 atom stereocenters. The van der Waals surface area contributed by atoms with Gasteiger partial charge in [0.15, 0.2) is 0 Å². The second-order valence-corrected chi connectivity index (χ2v) is 4.82. The fourth-order valence-corrected chi connectivity index (χ4v) is 1.61. The molecule has 0 bridgehead atoms. The monoisotopic (exact) mass is 229 g/mol. The van der Waals surface area contributed by atoms with Crippen LogP contribution in [0.2, 0.25) is 0 Å². The molecule has 0 aliphatic carbocycles. The lowest BCUT2D eigenvalue weighted by Gasteiger charge is -2.19. The van der Waals surface area contributed by atoms with Gasteiger partial charge < -0.3 is 5.32 Å². The molecule has 1 N–H and O–H groups in total. The molecule has 3 nitrogen and oxygen atoms in total. The Morgan fingerprint density at radius 3 is 2.18 bits per heavy atom. The maximum Gasteiger partial charge on any atom is 0.148 e. The van der Waals surface area contributed by atoms with Crippen LogP contribution < -0.4 is 5.32 Å². The predicted octanol–water partition coefficient (Wildman–Crippen LogP) is 3.39. The Morgan fingerprint density at radius 2 is 1.59 bits per heavy atom. The average molecular weight is 229 g/mol. The highest BCUT2D eigenvalue weighted by Gasteiger charge is 2.10. The van der Waals surface area contributed by atoms with Gasteiger partial charge in [-0.25, -0.2) is 9.97 Å². The number of nitrogens with zero attached hydrogens (tertiary/aromatic N) is 2. The van der Waals surface area contributed by atoms with Gasteiger partial charge in [-0.15, -0.1) is 0 Å². The number of nitrogens with one attached hydrogen (secondary N) is 1. The summed E-state index contributed by atoms with van der Waals surface area (Å²) in [6.45, 7) is 8.55. The van der Waals surface area contributed by atoms with Crippen LogP contribution in [0, 0.1) is 12.8 Å². The van der Waals surface area contributed by atoms with Crippen molar-refractivity contribution < 1.29 is 0 Å². The Labute approximate surface area is 102 Å². The van der Waals surface area contributed by atoms with Crippen molar-refractivity contribution in [3.63, 3.8) is 0 Å². The molecule has 0 amide bonds. The minimum absolute atomic E-state index is 0.393. The third-order valence-corrected chi connectivity index (χ3v) is 3.11. The molecule has 0 aliphatic heterocycles. The summed E-state index contributed by atoms with van der Waals surface area (Å²) in [4.78, 5) is 9.19. The Morgan fingerprint density at radius 1 is 1.00 bits per heavy atom. The SMILES string of the molecule is Cc1nc2ccccc2nc1NC(C)C(C)C. The van der Waals surface area contributed by atoms with Crippen molar-refractivity contribution in [2.24, 2.45) is 5.92 Å². The molecule has 0 aliphatic rings. The minimum Gasteiger partial charge on any atom is -0.366 e. The number of hydrogen-bond donors (Lipinski definition) is 1. The van der Waals surface area contributed by atoms with Gasteiger partial charge in [0.25, 0.3) is 0 Å². The Hall–Kier alpha value is -1.64. The molecule has 0 fully saturated rings. The number of anilines is 1. The molecular formula is C14H19N3. The van der Waals surface area contributed by atoms with E-state index in [0.29, 0.717) is 12.0 Å². The molecule has 0 saturated heterocycles. The maximum atomic E-state index is 4.62. The zero-order valence-corrected chi connectivity index (χ0v) is 10.9. The van der Waals surface area contributed by atoms with E-state index in [1.807, 2.05) is 31.2 Å². The lowest BCUT2D eigenvalue weighted by atomic mass is 10.1. The summed E-state index contributed by atoms with van der Waals surface area (Å²) in [5.74, 6) is 1.47. The van der Waals surface area contributed by atoms with Gasteiger partial charge in [-0.1, -0.05) is 26.0 Å². The number of rotatable bonds is 3. The van der Waals surface area contributed by atoms with E-state index in [4.69, 9.17) is 0 Å². The molecule has 1 heterocycles. The molecule has 0 radical (unpaired) electrons. The van der Waals surface area contributed by atoms with Crippen molar-refractivity contribution in [2.45, 2.75) is 33.7 Å². The number of aromatic nitrogens is 2. The van der Waals surface area contributed by atoms with E-state index in [2.05, 4.69) is 36.1 Å². The maximum absolute atomic E-state index is 4.62. The van der Waals surface area contributed by atoms with E-state index in [-0.39, 0.29) is 0 Å². The van der Waals surface area contributed by atoms with E-state index in [1.54, 1.807) is 0 Å². The fourth-order valence-electron chi connectivity index (χ4n) is 1.61. The zero-order chi connectivity index (χ0) is 12.4. The summed E-state index contributed by atoms with van der Waals surface area (Å²) in [6, 6.07) is 8.35. The first-order valence-corrected chi connectivity index (χ1v) is 6.08. The highest BCUT2D eigenvalue weighted by molar-refractivity contribution is 5.76. The summed E-state index contributed by atoms with van der Waals surface area (Å²) < 4.78 is 0. The number of aryl methyl sites for hydroxylation is 1. The van der Waals surface area contributed by atoms with Gasteiger partial charge in [0.05, 0.1) is 16.7 Å². The molecule has 2 rings (SSSR count). The summed E-state index contributed by atoms with van der Waals surface area (Å²) in [5, 5.41) is 3.43. The first-order chi connectivity index (χ1) is 8.08. The van der Waals surface area contributed by atoms with Crippen LogP contribution in [0.3, 0.4) is 0 Å². The van der Waals surface area contributed by atoms with Crippen LogP contribution in [0.1, 0.15) is 26.5 Å². The third-order valence-electron chi connectivity index (χ3n) is 3.11. The summed E-state index contributed by atoms with van der Waals surface area (Å²) in [6.07, 6.45) is 0. The normalized spacial score (nSPS) is 13.0. The van der Waals surface area contributed by atoms with Gasteiger partial charge in [-0.3, -0.25) is 0 Å². The van der Waals surface area contributed by atoms with Crippen LogP contribution in [-0.2, 0) is 0 Å². The van der Waals surface area contributed by atoms with Crippen LogP contribution >= 0.6 is 0 Å². The predicted molar refractivity (Wildman–Crippen MR) is 72.2 cm³/mol. The molecule has 1 unspecified atom stereocenters. The van der Waals surface area contributed by atoms with E-state index in [9.17, 15) is 0 Å². The van der Waals surface area contributed by atoms with Crippen LogP contribution in [-0.4, -0.2) is 16.0 Å². The second kappa shape index (κ2) is 4.70. The van der Waals surface area contributed by atoms with Crippen molar-refractivity contribution >= 4 is 16.9 Å². The molecule has 90 valence electrons. The van der Waals surface area contributed by atoms with E-state index < -0.39 is 0 Å². The zero-order valence-electron chi connectivity index (χ0n) is 10.9. The smallest absolute Gasteiger partial charge is 0.148 e. The van der Waals surface area contributed by atoms with Crippen LogP contribution in [0.4, 0.5) is 5.82 Å². The summed E-state index contributed by atoms with van der Waals surface area (Å²) in [7, 11) is 0. The molecular weight excluding hydrogens is 210 g/mol. The second-order valence-electron chi connectivity index (χ2n) is 4.82. The van der Waals surface area contributed by atoms with E-state index in [0.717, 1.165) is 22.5 Å². The number of hydrogen-bond acceptors (Lipinski definition) is 3. The molecule has 1 aromatic carbocycles. The number of fused-ring (bicyclic) bond motifs is 1. The molecule has 3 heteroatoms. The van der Waals surface area contributed by atoms with Gasteiger partial charge in [-0.2, -0.15) is 0 Å². The Kier molecular flexibility index (Phi) is 3.27. The fraction of sp³-hybridized carbons (Fsp3) is 0.429. The Bertz CT molecular complexity index is 520. The molecule has 0 saturated carbocycles. The Balaban J connectivity index is 2.37. The van der Waals surface area contributed by atoms with Gasteiger partial charge in [0.2, 0.25) is 0 Å². The van der Waals surface area contributed by atoms with Gasteiger partial charge in [0, 0.05) is 6.04 Å². The van der Waals surface area contributed by atoms with Crippen molar-refractivity contribution in [3.05, 3.63) is 30.0 Å². The minimum atomic E-state index is 0.393. The number of para-hydroxylation sites is 2. The lowest BCUT2D eigenvalue weighted by Crippen LogP contribution is -2.23. The van der Waals surface area contributed by atoms with Crippen molar-refractivity contribution in [3.8, 4) is 0 Å². The topological polar surface area (TPSA) is 37.8 Å². The van der Waals surface area contributed by atoms with Crippen LogP contribution in [0.5, 0.6) is 0 Å². The highest BCUT2D eigenvalue weighted by Crippen LogP contribution is 2.18. The first-order valence-electron chi connectivity index (χ1n) is 6.08. The average Bonchev–Trinajstić information content (AvgIpc) is 2.29. The highest BCUT2D eigenvalue weighted by atomic mass is 15.0. The quantitative estimate of drug-likeness (QED) is 0.876. The van der Waals surface area contributed by atoms with Gasteiger partial charge in [0.1, 0.15) is 5.82 Å². The van der Waals surface area contributed by atoms with Crippen LogP contribution in [0.15, 0.2) is 24.3 Å². The molecule has 2 aromatic rings. The molecule has 1 aromatic heterocycles. The summed E-state index contributed by atoms with van der Waals surface area (Å²) >= 11 is 0. The first kappa shape index (κ1) is 11.8. The van der Waals surface area contributed by atoms with Gasteiger partial charge in [-0.05, 0) is 31.9 Å². The molecule has 17 heavy (non-hydrogen) atoms. The van der Waals surface area contributed by atoms with Crippen LogP contribution in [0.25, 0.3) is 11.0 Å². The molecule has 0 spiro atoms. The summed E-state index contributed by atoms with van der Waals surface area (Å²) in [5.41, 5.74) is 2.85. The van der Waals surface area contributed by atoms with E-state index >= 15 is 0 Å².